The van der Waals surface area contributed by atoms with Gasteiger partial charge in [0.1, 0.15) is 0 Å². The van der Waals surface area contributed by atoms with Crippen LogP contribution >= 0.6 is 46.4 Å². The number of hydrogen-bond acceptors (Lipinski definition) is 10. The minimum atomic E-state index is -1.56. The van der Waals surface area contributed by atoms with Crippen LogP contribution in [0.4, 0.5) is 34.1 Å². The predicted octanol–water partition coefficient (Wildman–Crippen LogP) is 11.0. The number of halogens is 4. The Labute approximate surface area is 376 Å². The van der Waals surface area contributed by atoms with E-state index in [2.05, 4.69) is 41.7 Å². The summed E-state index contributed by atoms with van der Waals surface area (Å²) in [7, 11) is 0. The number of rotatable bonds is 16. The van der Waals surface area contributed by atoms with Gasteiger partial charge in [0, 0.05) is 34.5 Å². The molecule has 0 spiro atoms. The Kier molecular flexibility index (Phi) is 16.2. The summed E-state index contributed by atoms with van der Waals surface area (Å²) in [4.78, 5) is 78.2. The zero-order valence-corrected chi connectivity index (χ0v) is 36.6. The van der Waals surface area contributed by atoms with E-state index in [4.69, 9.17) is 46.4 Å². The smallest absolute Gasteiger partial charge is 0.258 e. The molecule has 5 aromatic rings. The molecule has 2 unspecified atom stereocenters. The summed E-state index contributed by atoms with van der Waals surface area (Å²) in [6.45, 7) is 5.70. The maximum Gasteiger partial charge on any atom is 0.258 e. The lowest BCUT2D eigenvalue weighted by Gasteiger charge is -2.17. The van der Waals surface area contributed by atoms with Crippen LogP contribution in [0.2, 0.25) is 10.0 Å². The molecule has 5 rings (SSSR count). The van der Waals surface area contributed by atoms with Crippen LogP contribution in [0.25, 0.3) is 0 Å². The van der Waals surface area contributed by atoms with Gasteiger partial charge in [0.2, 0.25) is 12.1 Å². The Morgan fingerprint density at radius 1 is 0.548 bits per heavy atom. The van der Waals surface area contributed by atoms with E-state index in [1.54, 1.807) is 74.5 Å². The Hall–Kier alpha value is -6.32. The normalized spacial score (nSPS) is 12.1. The van der Waals surface area contributed by atoms with Crippen LogP contribution in [0.15, 0.2) is 118 Å². The zero-order valence-electron chi connectivity index (χ0n) is 33.6. The first-order valence-electron chi connectivity index (χ1n) is 18.6. The maximum absolute atomic E-state index is 13.4. The average molecular weight is 917 g/mol. The van der Waals surface area contributed by atoms with Crippen LogP contribution in [-0.2, 0) is 30.9 Å². The highest BCUT2D eigenvalue weighted by Crippen LogP contribution is 2.29. The minimum Gasteiger partial charge on any atom is -0.324 e. The summed E-state index contributed by atoms with van der Waals surface area (Å²) in [5.41, 5.74) is 4.52. The summed E-state index contributed by atoms with van der Waals surface area (Å²) in [5, 5.41) is 27.3. The molecule has 18 heteroatoms. The number of Topliss-reactive ketones (excluding diaryl/α,β-unsaturated/α-hetero) is 2. The number of nitrogens with one attached hydrogen (secondary N) is 4. The van der Waals surface area contributed by atoms with Crippen LogP contribution in [-0.4, -0.2) is 47.3 Å². The Morgan fingerprint density at radius 2 is 0.952 bits per heavy atom. The molecule has 0 radical (unpaired) electrons. The molecule has 0 aliphatic heterocycles. The van der Waals surface area contributed by atoms with Gasteiger partial charge < -0.3 is 21.3 Å². The molecule has 4 N–H and O–H groups in total. The molecule has 0 bridgehead atoms. The van der Waals surface area contributed by atoms with Gasteiger partial charge in [-0.15, -0.1) is 23.2 Å². The first-order valence-corrected chi connectivity index (χ1v) is 20.5. The molecule has 0 aliphatic carbocycles. The van der Waals surface area contributed by atoms with Crippen molar-refractivity contribution in [1.82, 2.24) is 0 Å². The first kappa shape index (κ1) is 46.7. The fourth-order valence-electron chi connectivity index (χ4n) is 5.92. The van der Waals surface area contributed by atoms with Gasteiger partial charge in [0.15, 0.2) is 11.6 Å². The van der Waals surface area contributed by atoms with Crippen molar-refractivity contribution in [2.24, 2.45) is 20.5 Å². The summed E-state index contributed by atoms with van der Waals surface area (Å²) in [6.07, 6.45) is 0. The van der Waals surface area contributed by atoms with E-state index in [9.17, 15) is 28.8 Å². The molecule has 14 nitrogen and oxygen atoms in total. The molecule has 0 heterocycles. The van der Waals surface area contributed by atoms with Gasteiger partial charge in [-0.05, 0) is 111 Å². The second-order valence-corrected chi connectivity index (χ2v) is 15.1. The van der Waals surface area contributed by atoms with Gasteiger partial charge in [-0.25, -0.2) is 0 Å². The molecular formula is C44H38Cl4N8O6. The molecule has 5 aromatic carbocycles. The number of alkyl halides is 2. The minimum absolute atomic E-state index is 0.0786. The van der Waals surface area contributed by atoms with Gasteiger partial charge >= 0.3 is 0 Å². The summed E-state index contributed by atoms with van der Waals surface area (Å²) >= 11 is 24.6. The van der Waals surface area contributed by atoms with Gasteiger partial charge in [-0.1, -0.05) is 59.6 Å². The van der Waals surface area contributed by atoms with Crippen molar-refractivity contribution in [2.75, 3.05) is 21.3 Å². The number of amides is 4. The molecule has 318 valence electrons. The van der Waals surface area contributed by atoms with Crippen LogP contribution in [0.1, 0.15) is 56.8 Å². The molecule has 0 saturated heterocycles. The highest BCUT2D eigenvalue weighted by atomic mass is 35.5. The summed E-state index contributed by atoms with van der Waals surface area (Å²) in [5.74, 6) is -3.50. The largest absolute Gasteiger partial charge is 0.324 e. The quantitative estimate of drug-likeness (QED) is 0.0431. The predicted molar refractivity (Wildman–Crippen MR) is 242 cm³/mol. The Bertz CT molecular complexity index is 2610. The van der Waals surface area contributed by atoms with E-state index in [1.807, 2.05) is 0 Å². The number of anilines is 4. The van der Waals surface area contributed by atoms with E-state index < -0.39 is 47.3 Å². The van der Waals surface area contributed by atoms with Crippen molar-refractivity contribution < 1.29 is 28.8 Å². The number of benzene rings is 5. The highest BCUT2D eigenvalue weighted by molar-refractivity contribution is 6.35. The first-order chi connectivity index (χ1) is 29.6. The Morgan fingerprint density at radius 3 is 1.35 bits per heavy atom. The summed E-state index contributed by atoms with van der Waals surface area (Å²) in [6, 6.07) is 22.6. The average Bonchev–Trinajstić information content (AvgIpc) is 3.23. The molecule has 4 amide bonds. The third kappa shape index (κ3) is 11.9. The molecule has 0 saturated carbocycles. The second kappa shape index (κ2) is 21.5. The number of hydrogen-bond donors (Lipinski definition) is 4. The lowest BCUT2D eigenvalue weighted by atomic mass is 10.1. The van der Waals surface area contributed by atoms with Gasteiger partial charge in [-0.3, -0.25) is 28.8 Å². The highest BCUT2D eigenvalue weighted by Gasteiger charge is 2.26. The van der Waals surface area contributed by atoms with Crippen molar-refractivity contribution in [2.45, 2.75) is 51.5 Å². The number of nitrogens with zero attached hydrogens (tertiary/aromatic N) is 4. The molecule has 0 aliphatic rings. The van der Waals surface area contributed by atoms with Crippen molar-refractivity contribution in [3.8, 4) is 0 Å². The van der Waals surface area contributed by atoms with Gasteiger partial charge in [0.05, 0.1) is 32.5 Å². The van der Waals surface area contributed by atoms with E-state index in [-0.39, 0.29) is 50.0 Å². The monoisotopic (exact) mass is 914 g/mol. The fraction of sp³-hybridized carbons (Fsp3) is 0.182. The number of carbonyl (C=O) groups is 6. The second-order valence-electron chi connectivity index (χ2n) is 13.7. The SMILES string of the molecule is CC(=O)C(N=Nc1ccc(Cl)c(C(=O)Nc2ccccc2CCl)c1)C(=O)Nc1cc(C)c(NC(=O)C(N=Nc2ccc(Cl)c(C(=O)Nc3ccccc3CCl)c2)C(C)=O)c(C)c1. The van der Waals surface area contributed by atoms with Gasteiger partial charge in [-0.2, -0.15) is 20.5 Å². The molecule has 62 heavy (non-hydrogen) atoms. The standard InChI is InChI=1S/C44H38Cl4N8O6/c1-23-17-31(49-43(61)39(25(3)57)55-53-29-13-15-34(47)32(19-29)41(59)50-36-11-7-5-9-27(36)21-45)18-24(2)38(23)52-44(62)40(26(4)58)56-54-30-14-16-35(48)33(20-30)42(60)51-37-12-8-6-10-28(37)22-46/h5-20,39-40H,21-22H2,1-4H3,(H,49,61)(H,50,59)(H,51,60)(H,52,62). The van der Waals surface area contributed by atoms with Crippen molar-refractivity contribution in [3.05, 3.63) is 140 Å². The molecule has 2 atom stereocenters. The van der Waals surface area contributed by atoms with Crippen LogP contribution in [0, 0.1) is 13.8 Å². The van der Waals surface area contributed by atoms with E-state index >= 15 is 0 Å². The summed E-state index contributed by atoms with van der Waals surface area (Å²) < 4.78 is 0. The number of ketones is 2. The van der Waals surface area contributed by atoms with Crippen LogP contribution < -0.4 is 21.3 Å². The van der Waals surface area contributed by atoms with E-state index in [1.165, 1.54) is 50.2 Å². The molecule has 0 fully saturated rings. The number of aryl methyl sites for hydroxylation is 2. The van der Waals surface area contributed by atoms with Crippen LogP contribution in [0.5, 0.6) is 0 Å². The topological polar surface area (TPSA) is 200 Å². The van der Waals surface area contributed by atoms with Gasteiger partial charge in [0.25, 0.3) is 23.6 Å². The van der Waals surface area contributed by atoms with Crippen LogP contribution in [0.3, 0.4) is 0 Å². The van der Waals surface area contributed by atoms with E-state index in [0.29, 0.717) is 39.3 Å². The third-order valence-corrected chi connectivity index (χ3v) is 10.3. The molecular weight excluding hydrogens is 878 g/mol. The van der Waals surface area contributed by atoms with Crippen molar-refractivity contribution >= 4 is 116 Å². The van der Waals surface area contributed by atoms with Crippen molar-refractivity contribution in [3.63, 3.8) is 0 Å². The fourth-order valence-corrected chi connectivity index (χ4v) is 6.79. The number of azo groups is 2. The zero-order chi connectivity index (χ0) is 45.1. The third-order valence-electron chi connectivity index (χ3n) is 9.10. The lowest BCUT2D eigenvalue weighted by Crippen LogP contribution is -2.33. The lowest BCUT2D eigenvalue weighted by molar-refractivity contribution is -0.127. The number of para-hydroxylation sites is 2. The van der Waals surface area contributed by atoms with E-state index in [0.717, 1.165) is 0 Å². The molecule has 0 aromatic heterocycles. The maximum atomic E-state index is 13.4. The van der Waals surface area contributed by atoms with Crippen molar-refractivity contribution in [1.29, 1.82) is 0 Å². The number of carbonyl (C=O) groups excluding carboxylic acids is 6. The Balaban J connectivity index is 1.26.